The molecule has 0 radical (unpaired) electrons. The van der Waals surface area contributed by atoms with E-state index in [9.17, 15) is 9.90 Å². The molecule has 1 heterocycles. The predicted molar refractivity (Wildman–Crippen MR) is 73.5 cm³/mol. The number of rotatable bonds is 4. The van der Waals surface area contributed by atoms with Crippen LogP contribution in [0, 0.1) is 0 Å². The molecule has 0 fully saturated rings. The number of amides is 1. The van der Waals surface area contributed by atoms with E-state index >= 15 is 0 Å². The van der Waals surface area contributed by atoms with Gasteiger partial charge in [-0.2, -0.15) is 11.3 Å². The van der Waals surface area contributed by atoms with Crippen LogP contribution in [-0.4, -0.2) is 17.6 Å². The summed E-state index contributed by atoms with van der Waals surface area (Å²) in [5, 5.41) is 16.5. The molecule has 2 aromatic rings. The quantitative estimate of drug-likeness (QED) is 0.905. The monoisotopic (exact) mass is 281 g/mol. The summed E-state index contributed by atoms with van der Waals surface area (Å²) in [7, 11) is 0. The highest BCUT2D eigenvalue weighted by molar-refractivity contribution is 7.07. The van der Waals surface area contributed by atoms with E-state index < -0.39 is 0 Å². The van der Waals surface area contributed by atoms with Gasteiger partial charge >= 0.3 is 0 Å². The van der Waals surface area contributed by atoms with Crippen molar-refractivity contribution in [1.29, 1.82) is 0 Å². The molecular weight excluding hydrogens is 270 g/mol. The number of aromatic hydroxyl groups is 1. The normalized spacial score (nSPS) is 10.3. The molecule has 1 aromatic carbocycles. The first-order valence-corrected chi connectivity index (χ1v) is 6.76. The van der Waals surface area contributed by atoms with E-state index in [-0.39, 0.29) is 11.7 Å². The van der Waals surface area contributed by atoms with Crippen LogP contribution in [0.15, 0.2) is 35.0 Å². The average Bonchev–Trinajstić information content (AvgIpc) is 2.85. The smallest absolute Gasteiger partial charge is 0.252 e. The number of benzene rings is 1. The van der Waals surface area contributed by atoms with Crippen LogP contribution in [0.1, 0.15) is 15.9 Å². The van der Waals surface area contributed by atoms with Crippen molar-refractivity contribution in [2.75, 3.05) is 6.54 Å². The summed E-state index contributed by atoms with van der Waals surface area (Å²) in [4.78, 5) is 11.8. The number of carbonyl (C=O) groups is 1. The Balaban J connectivity index is 1.93. The molecule has 18 heavy (non-hydrogen) atoms. The zero-order valence-electron chi connectivity index (χ0n) is 9.52. The fourth-order valence-electron chi connectivity index (χ4n) is 1.54. The number of hydrogen-bond acceptors (Lipinski definition) is 3. The van der Waals surface area contributed by atoms with Gasteiger partial charge in [-0.1, -0.05) is 11.6 Å². The van der Waals surface area contributed by atoms with Crippen molar-refractivity contribution in [1.82, 2.24) is 5.32 Å². The molecule has 0 spiro atoms. The van der Waals surface area contributed by atoms with Crippen molar-refractivity contribution in [2.24, 2.45) is 0 Å². The van der Waals surface area contributed by atoms with Gasteiger partial charge in [-0.15, -0.1) is 0 Å². The van der Waals surface area contributed by atoms with Crippen LogP contribution in [0.2, 0.25) is 5.02 Å². The molecule has 0 aliphatic carbocycles. The van der Waals surface area contributed by atoms with Crippen molar-refractivity contribution >= 4 is 28.8 Å². The summed E-state index contributed by atoms with van der Waals surface area (Å²) >= 11 is 7.53. The lowest BCUT2D eigenvalue weighted by atomic mass is 10.2. The average molecular weight is 282 g/mol. The number of halogens is 1. The molecule has 0 aliphatic heterocycles. The van der Waals surface area contributed by atoms with Gasteiger partial charge in [0, 0.05) is 6.54 Å². The molecule has 3 nitrogen and oxygen atoms in total. The molecule has 0 aliphatic rings. The van der Waals surface area contributed by atoms with Crippen LogP contribution >= 0.6 is 22.9 Å². The first-order valence-electron chi connectivity index (χ1n) is 5.44. The molecule has 0 saturated heterocycles. The number of phenols is 1. The maximum absolute atomic E-state index is 11.8. The Morgan fingerprint density at radius 1 is 1.39 bits per heavy atom. The molecule has 1 aromatic heterocycles. The van der Waals surface area contributed by atoms with Crippen molar-refractivity contribution < 1.29 is 9.90 Å². The van der Waals surface area contributed by atoms with Gasteiger partial charge in [0.25, 0.3) is 5.91 Å². The molecule has 2 N–H and O–H groups in total. The highest BCUT2D eigenvalue weighted by atomic mass is 35.5. The van der Waals surface area contributed by atoms with Crippen LogP contribution in [0.25, 0.3) is 0 Å². The topological polar surface area (TPSA) is 49.3 Å². The Morgan fingerprint density at radius 3 is 2.94 bits per heavy atom. The zero-order chi connectivity index (χ0) is 13.0. The third-order valence-corrected chi connectivity index (χ3v) is 3.54. The Morgan fingerprint density at radius 2 is 2.22 bits per heavy atom. The Hall–Kier alpha value is -1.52. The third kappa shape index (κ3) is 3.24. The van der Waals surface area contributed by atoms with Crippen molar-refractivity contribution in [2.45, 2.75) is 6.42 Å². The van der Waals surface area contributed by atoms with E-state index in [1.807, 2.05) is 16.8 Å². The summed E-state index contributed by atoms with van der Waals surface area (Å²) in [6, 6.07) is 6.34. The summed E-state index contributed by atoms with van der Waals surface area (Å²) < 4.78 is 0. The van der Waals surface area contributed by atoms with Gasteiger partial charge in [0.2, 0.25) is 0 Å². The Kier molecular flexibility index (Phi) is 4.23. The van der Waals surface area contributed by atoms with Crippen LogP contribution in [0.3, 0.4) is 0 Å². The highest BCUT2D eigenvalue weighted by Crippen LogP contribution is 2.20. The van der Waals surface area contributed by atoms with E-state index in [0.717, 1.165) is 6.42 Å². The lowest BCUT2D eigenvalue weighted by Crippen LogP contribution is -2.25. The second-order valence-electron chi connectivity index (χ2n) is 3.80. The van der Waals surface area contributed by atoms with Gasteiger partial charge in [0.05, 0.1) is 10.6 Å². The van der Waals surface area contributed by atoms with Gasteiger partial charge in [-0.25, -0.2) is 0 Å². The van der Waals surface area contributed by atoms with Crippen molar-refractivity contribution in [3.05, 3.63) is 51.2 Å². The van der Waals surface area contributed by atoms with E-state index in [0.29, 0.717) is 17.1 Å². The number of carbonyl (C=O) groups excluding carboxylic acids is 1. The summed E-state index contributed by atoms with van der Waals surface area (Å²) in [6.45, 7) is 0.543. The minimum absolute atomic E-state index is 0.0300. The Bertz CT molecular complexity index is 540. The largest absolute Gasteiger partial charge is 0.508 e. The molecule has 0 bridgehead atoms. The predicted octanol–water partition coefficient (Wildman–Crippen LogP) is 3.08. The van der Waals surface area contributed by atoms with Crippen molar-refractivity contribution in [3.63, 3.8) is 0 Å². The number of phenolic OH excluding ortho intramolecular Hbond substituents is 1. The SMILES string of the molecule is O=C(NCCc1ccsc1)c1cc(O)ccc1Cl. The van der Waals surface area contributed by atoms with E-state index in [4.69, 9.17) is 11.6 Å². The summed E-state index contributed by atoms with van der Waals surface area (Å²) in [5.74, 6) is -0.242. The Labute approximate surface area is 114 Å². The standard InChI is InChI=1S/C13H12ClNO2S/c14-12-2-1-10(16)7-11(12)13(17)15-5-3-9-4-6-18-8-9/h1-2,4,6-8,16H,3,5H2,(H,15,17). The highest BCUT2D eigenvalue weighted by Gasteiger charge is 2.10. The lowest BCUT2D eigenvalue weighted by Gasteiger charge is -2.06. The second-order valence-corrected chi connectivity index (χ2v) is 4.99. The fraction of sp³-hybridized carbons (Fsp3) is 0.154. The first-order chi connectivity index (χ1) is 8.66. The molecule has 0 saturated carbocycles. The van der Waals surface area contributed by atoms with Gasteiger partial charge in [-0.3, -0.25) is 4.79 Å². The molecule has 5 heteroatoms. The lowest BCUT2D eigenvalue weighted by molar-refractivity contribution is 0.0954. The van der Waals surface area contributed by atoms with E-state index in [1.165, 1.54) is 23.8 Å². The minimum atomic E-state index is -0.272. The van der Waals surface area contributed by atoms with Gasteiger partial charge < -0.3 is 10.4 Å². The van der Waals surface area contributed by atoms with Gasteiger partial charge in [-0.05, 0) is 47.0 Å². The van der Waals surface area contributed by atoms with Gasteiger partial charge in [0.15, 0.2) is 0 Å². The third-order valence-electron chi connectivity index (χ3n) is 2.47. The molecule has 94 valence electrons. The van der Waals surface area contributed by atoms with Crippen LogP contribution in [0.5, 0.6) is 5.75 Å². The van der Waals surface area contributed by atoms with Gasteiger partial charge in [0.1, 0.15) is 5.75 Å². The summed E-state index contributed by atoms with van der Waals surface area (Å²) in [6.07, 6.45) is 0.783. The second kappa shape index (κ2) is 5.89. The maximum atomic E-state index is 11.8. The zero-order valence-corrected chi connectivity index (χ0v) is 11.1. The van der Waals surface area contributed by atoms with Crippen LogP contribution in [0.4, 0.5) is 0 Å². The molecule has 0 unspecified atom stereocenters. The maximum Gasteiger partial charge on any atom is 0.252 e. The molecule has 0 atom stereocenters. The number of thiophene rings is 1. The van der Waals surface area contributed by atoms with Crippen LogP contribution in [-0.2, 0) is 6.42 Å². The summed E-state index contributed by atoms with van der Waals surface area (Å²) in [5.41, 5.74) is 1.49. The number of nitrogens with one attached hydrogen (secondary N) is 1. The molecule has 2 rings (SSSR count). The molecular formula is C13H12ClNO2S. The van der Waals surface area contributed by atoms with E-state index in [1.54, 1.807) is 11.3 Å². The van der Waals surface area contributed by atoms with Crippen molar-refractivity contribution in [3.8, 4) is 5.75 Å². The van der Waals surface area contributed by atoms with Crippen LogP contribution < -0.4 is 5.32 Å². The fourth-order valence-corrected chi connectivity index (χ4v) is 2.44. The molecule has 1 amide bonds. The first kappa shape index (κ1) is 12.9. The minimum Gasteiger partial charge on any atom is -0.508 e. The number of hydrogen-bond donors (Lipinski definition) is 2. The van der Waals surface area contributed by atoms with E-state index in [2.05, 4.69) is 5.32 Å².